The molecule has 0 amide bonds. The van der Waals surface area contributed by atoms with Gasteiger partial charge in [0, 0.05) is 9.35 Å². The van der Waals surface area contributed by atoms with Crippen molar-refractivity contribution >= 4 is 48.9 Å². The lowest BCUT2D eigenvalue weighted by Gasteiger charge is -2.10. The molecule has 5 nitrogen and oxygen atoms in total. The molecular weight excluding hydrogens is 486 g/mol. The molecule has 158 valence electrons. The first-order valence-corrected chi connectivity index (χ1v) is 12.4. The van der Waals surface area contributed by atoms with E-state index in [2.05, 4.69) is 34.5 Å². The van der Waals surface area contributed by atoms with E-state index in [1.165, 1.54) is 11.6 Å². The van der Waals surface area contributed by atoms with Gasteiger partial charge < -0.3 is 5.11 Å². The van der Waals surface area contributed by atoms with E-state index in [1.807, 2.05) is 24.3 Å². The Morgan fingerprint density at radius 1 is 1.13 bits per heavy atom. The van der Waals surface area contributed by atoms with E-state index >= 15 is 0 Å². The van der Waals surface area contributed by atoms with Gasteiger partial charge in [0.15, 0.2) is 0 Å². The maximum atomic E-state index is 12.9. The van der Waals surface area contributed by atoms with Crippen LogP contribution in [-0.4, -0.2) is 19.5 Å². The number of benzene rings is 2. The summed E-state index contributed by atoms with van der Waals surface area (Å²) in [6.45, 7) is 5.99. The molecule has 0 aliphatic carbocycles. The van der Waals surface area contributed by atoms with Crippen LogP contribution in [0.3, 0.4) is 0 Å². The van der Waals surface area contributed by atoms with Crippen molar-refractivity contribution in [1.29, 1.82) is 0 Å². The average molecular weight is 508 g/mol. The van der Waals surface area contributed by atoms with E-state index in [9.17, 15) is 18.3 Å². The Hall–Kier alpha value is -2.16. The van der Waals surface area contributed by atoms with Gasteiger partial charge in [0.2, 0.25) is 0 Å². The molecule has 30 heavy (non-hydrogen) atoms. The minimum atomic E-state index is -3.93. The second-order valence-corrected chi connectivity index (χ2v) is 11.1. The third-order valence-corrected chi connectivity index (χ3v) is 7.67. The van der Waals surface area contributed by atoms with Crippen molar-refractivity contribution in [2.75, 3.05) is 4.72 Å². The quantitative estimate of drug-likeness (QED) is 0.399. The first-order chi connectivity index (χ1) is 14.1. The van der Waals surface area contributed by atoms with E-state index in [4.69, 9.17) is 0 Å². The number of sulfonamides is 1. The van der Waals surface area contributed by atoms with Crippen LogP contribution in [0.5, 0.6) is 0 Å². The summed E-state index contributed by atoms with van der Waals surface area (Å²) in [7, 11) is -3.93. The highest BCUT2D eigenvalue weighted by atomic mass is 79.9. The highest BCUT2D eigenvalue weighted by Gasteiger charge is 2.23. The van der Waals surface area contributed by atoms with Crippen LogP contribution in [0.15, 0.2) is 57.9 Å². The summed E-state index contributed by atoms with van der Waals surface area (Å²) in [5, 5.41) is 9.60. The van der Waals surface area contributed by atoms with E-state index in [-0.39, 0.29) is 15.5 Å². The Morgan fingerprint density at radius 3 is 2.37 bits per heavy atom. The molecule has 3 aromatic rings. The van der Waals surface area contributed by atoms with Gasteiger partial charge in [-0.05, 0) is 60.2 Å². The fraction of sp³-hybridized carbons (Fsp3) is 0.227. The molecule has 0 bridgehead atoms. The largest absolute Gasteiger partial charge is 0.477 e. The number of thiophene rings is 1. The highest BCUT2D eigenvalue weighted by Crippen LogP contribution is 2.36. The predicted octanol–water partition coefficient (Wildman–Crippen LogP) is 6.18. The highest BCUT2D eigenvalue weighted by molar-refractivity contribution is 9.10. The topological polar surface area (TPSA) is 83.5 Å². The summed E-state index contributed by atoms with van der Waals surface area (Å²) in [5.41, 5.74) is 2.68. The van der Waals surface area contributed by atoms with Crippen molar-refractivity contribution in [2.45, 2.75) is 32.1 Å². The Kier molecular flexibility index (Phi) is 6.69. The van der Waals surface area contributed by atoms with Crippen molar-refractivity contribution in [3.8, 4) is 10.4 Å². The molecule has 0 radical (unpaired) electrons. The van der Waals surface area contributed by atoms with Crippen LogP contribution < -0.4 is 4.72 Å². The van der Waals surface area contributed by atoms with Crippen molar-refractivity contribution < 1.29 is 18.3 Å². The van der Waals surface area contributed by atoms with Crippen molar-refractivity contribution in [2.24, 2.45) is 5.92 Å². The molecule has 0 saturated heterocycles. The molecule has 0 spiro atoms. The molecule has 8 heteroatoms. The number of nitrogens with one attached hydrogen (secondary N) is 1. The normalized spacial score (nSPS) is 11.6. The van der Waals surface area contributed by atoms with Crippen LogP contribution in [0.2, 0.25) is 0 Å². The number of carboxylic acids is 1. The Labute approximate surface area is 189 Å². The second kappa shape index (κ2) is 8.91. The first kappa shape index (κ1) is 22.5. The van der Waals surface area contributed by atoms with E-state index in [0.717, 1.165) is 27.8 Å². The van der Waals surface area contributed by atoms with E-state index in [0.29, 0.717) is 16.4 Å². The molecule has 2 N–H and O–H groups in total. The number of carboxylic acid groups (broad SMARTS) is 1. The Morgan fingerprint density at radius 2 is 1.80 bits per heavy atom. The molecule has 0 saturated carbocycles. The Bertz CT molecular complexity index is 1180. The van der Waals surface area contributed by atoms with Crippen molar-refractivity contribution in [3.63, 3.8) is 0 Å². The lowest BCUT2D eigenvalue weighted by Crippen LogP contribution is -2.15. The van der Waals surface area contributed by atoms with Gasteiger partial charge >= 0.3 is 5.97 Å². The summed E-state index contributed by atoms with van der Waals surface area (Å²) >= 11 is 4.37. The summed E-state index contributed by atoms with van der Waals surface area (Å²) in [5.74, 6) is -0.632. The molecule has 0 unspecified atom stereocenters. The summed E-state index contributed by atoms with van der Waals surface area (Å²) in [6.07, 6.45) is 0.961. The van der Waals surface area contributed by atoms with Crippen LogP contribution >= 0.6 is 27.3 Å². The number of hydrogen-bond acceptors (Lipinski definition) is 4. The number of hydrogen-bond donors (Lipinski definition) is 2. The zero-order valence-electron chi connectivity index (χ0n) is 16.8. The molecule has 3 rings (SSSR count). The number of aromatic carboxylic acids is 1. The number of aryl methyl sites for hydroxylation is 1. The van der Waals surface area contributed by atoms with Crippen LogP contribution in [0.4, 0.5) is 5.69 Å². The zero-order valence-corrected chi connectivity index (χ0v) is 20.0. The van der Waals surface area contributed by atoms with Gasteiger partial charge in [0.25, 0.3) is 10.0 Å². The van der Waals surface area contributed by atoms with Crippen molar-refractivity contribution in [1.82, 2.24) is 0 Å². The Balaban J connectivity index is 1.96. The summed E-state index contributed by atoms with van der Waals surface area (Å²) in [4.78, 5) is 12.5. The van der Waals surface area contributed by atoms with Gasteiger partial charge in [0.05, 0.1) is 10.6 Å². The van der Waals surface area contributed by atoms with Crippen LogP contribution in [0.1, 0.15) is 34.6 Å². The van der Waals surface area contributed by atoms with Gasteiger partial charge in [-0.2, -0.15) is 0 Å². The lowest BCUT2D eigenvalue weighted by molar-refractivity contribution is 0.0703. The average Bonchev–Trinajstić information content (AvgIpc) is 3.04. The summed E-state index contributed by atoms with van der Waals surface area (Å²) in [6, 6.07) is 14.3. The van der Waals surface area contributed by atoms with Gasteiger partial charge in [-0.15, -0.1) is 11.3 Å². The van der Waals surface area contributed by atoms with Crippen molar-refractivity contribution in [3.05, 3.63) is 69.0 Å². The van der Waals surface area contributed by atoms with Gasteiger partial charge in [0.1, 0.15) is 4.88 Å². The maximum Gasteiger partial charge on any atom is 0.348 e. The minimum Gasteiger partial charge on any atom is -0.477 e. The fourth-order valence-corrected chi connectivity index (χ4v) is 5.95. The second-order valence-electron chi connectivity index (χ2n) is 7.47. The lowest BCUT2D eigenvalue weighted by atomic mass is 10.0. The molecular formula is C22H22BrNO4S2. The van der Waals surface area contributed by atoms with Gasteiger partial charge in [-0.3, -0.25) is 4.72 Å². The third-order valence-electron chi connectivity index (χ3n) is 4.48. The molecule has 0 aliphatic rings. The summed E-state index contributed by atoms with van der Waals surface area (Å²) < 4.78 is 29.0. The zero-order chi connectivity index (χ0) is 22.1. The van der Waals surface area contributed by atoms with E-state index in [1.54, 1.807) is 25.1 Å². The maximum absolute atomic E-state index is 12.9. The monoisotopic (exact) mass is 507 g/mol. The third kappa shape index (κ3) is 5.11. The van der Waals surface area contributed by atoms with Crippen LogP contribution in [0.25, 0.3) is 10.4 Å². The smallest absolute Gasteiger partial charge is 0.348 e. The molecule has 0 fully saturated rings. The minimum absolute atomic E-state index is 0.0467. The molecule has 0 atom stereocenters. The fourth-order valence-electron chi connectivity index (χ4n) is 3.16. The number of rotatable bonds is 7. The van der Waals surface area contributed by atoms with Crippen LogP contribution in [0, 0.1) is 12.8 Å². The SMILES string of the molecule is Cc1cc(Br)ccc1S(=O)(=O)Nc1cc(-c2ccc(CC(C)C)cc2)sc1C(=O)O. The first-order valence-electron chi connectivity index (χ1n) is 9.32. The number of anilines is 1. The predicted molar refractivity (Wildman–Crippen MR) is 125 cm³/mol. The molecule has 2 aromatic carbocycles. The van der Waals surface area contributed by atoms with Crippen LogP contribution in [-0.2, 0) is 16.4 Å². The van der Waals surface area contributed by atoms with E-state index < -0.39 is 16.0 Å². The van der Waals surface area contributed by atoms with Gasteiger partial charge in [-0.1, -0.05) is 54.0 Å². The standard InChI is InChI=1S/C22H22BrNO4S2/c1-13(2)10-15-4-6-16(7-5-15)19-12-18(21(29-19)22(25)26)24-30(27,28)20-9-8-17(23)11-14(20)3/h4-9,11-13,24H,10H2,1-3H3,(H,25,26). The molecule has 1 aromatic heterocycles. The number of carbonyl (C=O) groups is 1. The number of halogens is 1. The molecule has 1 heterocycles. The molecule has 0 aliphatic heterocycles. The van der Waals surface area contributed by atoms with Gasteiger partial charge in [-0.25, -0.2) is 13.2 Å².